The predicted octanol–water partition coefficient (Wildman–Crippen LogP) is 15.3. The van der Waals surface area contributed by atoms with Crippen LogP contribution in [0.25, 0.3) is 0 Å². The molecule has 0 heterocycles. The van der Waals surface area contributed by atoms with E-state index < -0.39 is 0 Å². The van der Waals surface area contributed by atoms with E-state index >= 15 is 0 Å². The van der Waals surface area contributed by atoms with E-state index in [0.29, 0.717) is 5.75 Å². The van der Waals surface area contributed by atoms with E-state index in [0.717, 1.165) is 22.6 Å². The largest absolute Gasteiger partial charge is 0.507 e. The normalized spacial score (nSPS) is 10.7. The van der Waals surface area contributed by atoms with Crippen molar-refractivity contribution >= 4 is 32.7 Å². The molecule has 0 aliphatic carbocycles. The second-order valence-electron chi connectivity index (χ2n) is 15.5. The van der Waals surface area contributed by atoms with Crippen molar-refractivity contribution < 1.29 is 14.6 Å². The highest BCUT2D eigenvalue weighted by Gasteiger charge is 2.31. The molecule has 9 aromatic carbocycles. The Bertz CT molecular complexity index is 2700. The summed E-state index contributed by atoms with van der Waals surface area (Å²) in [5, 5.41) is 10.1. The Morgan fingerprint density at radius 2 is 0.530 bits per heavy atom. The Hall–Kier alpha value is -6.57. The number of phenols is 1. The van der Waals surface area contributed by atoms with Crippen LogP contribution in [0, 0.1) is 27.7 Å². The van der Waals surface area contributed by atoms with Gasteiger partial charge in [-0.2, -0.15) is 0 Å². The van der Waals surface area contributed by atoms with Crippen molar-refractivity contribution in [2.75, 3.05) is 14.2 Å². The van der Waals surface area contributed by atoms with Gasteiger partial charge in [0.2, 0.25) is 0 Å². The lowest BCUT2D eigenvalue weighted by Crippen LogP contribution is -2.06. The summed E-state index contributed by atoms with van der Waals surface area (Å²) in [4.78, 5) is 11.8. The summed E-state index contributed by atoms with van der Waals surface area (Å²) in [6.07, 6.45) is 0. The van der Waals surface area contributed by atoms with E-state index in [1.807, 2.05) is 38.1 Å². The van der Waals surface area contributed by atoms with E-state index in [2.05, 4.69) is 220 Å². The van der Waals surface area contributed by atoms with Crippen molar-refractivity contribution in [2.24, 2.45) is 0 Å². The molecule has 0 unspecified atom stereocenters. The summed E-state index contributed by atoms with van der Waals surface area (Å²) in [5.74, 6) is 2.27. The average molecular weight is 922 g/mol. The molecule has 0 atom stereocenters. The molecule has 66 heavy (non-hydrogen) atoms. The molecular formula is C60H57O3S3+3. The number of aromatic hydroxyl groups is 1. The molecule has 0 saturated heterocycles. The molecule has 0 saturated carbocycles. The number of ether oxygens (including phenoxy) is 2. The lowest BCUT2D eigenvalue weighted by atomic mass is 10.1. The second-order valence-corrected chi connectivity index (χ2v) is 21.5. The van der Waals surface area contributed by atoms with Gasteiger partial charge in [0.1, 0.15) is 17.2 Å². The zero-order valence-corrected chi connectivity index (χ0v) is 40.9. The van der Waals surface area contributed by atoms with Gasteiger partial charge in [0.25, 0.3) is 0 Å². The minimum Gasteiger partial charge on any atom is -0.507 e. The number of aryl methyl sites for hydroxylation is 4. The molecule has 9 aromatic rings. The molecule has 0 fully saturated rings. The van der Waals surface area contributed by atoms with Gasteiger partial charge < -0.3 is 14.6 Å². The number of phenolic OH excluding ortho intramolecular Hbond substituents is 1. The van der Waals surface area contributed by atoms with Crippen molar-refractivity contribution in [3.63, 3.8) is 0 Å². The van der Waals surface area contributed by atoms with Crippen LogP contribution in [0.2, 0.25) is 0 Å². The number of rotatable bonds is 11. The van der Waals surface area contributed by atoms with E-state index in [1.54, 1.807) is 14.2 Å². The summed E-state index contributed by atoms with van der Waals surface area (Å²) in [7, 11) is 3.10. The van der Waals surface area contributed by atoms with Gasteiger partial charge in [-0.15, -0.1) is 0 Å². The quantitative estimate of drug-likeness (QED) is 0.131. The molecule has 0 aromatic heterocycles. The zero-order chi connectivity index (χ0) is 46.3. The highest BCUT2D eigenvalue weighted by atomic mass is 32.2. The first kappa shape index (κ1) is 47.4. The average Bonchev–Trinajstić information content (AvgIpc) is 3.36. The fourth-order valence-corrected chi connectivity index (χ4v) is 14.3. The predicted molar refractivity (Wildman–Crippen MR) is 278 cm³/mol. The van der Waals surface area contributed by atoms with Crippen LogP contribution in [0.15, 0.2) is 275 Å². The van der Waals surface area contributed by atoms with Crippen LogP contribution in [0.5, 0.6) is 17.2 Å². The van der Waals surface area contributed by atoms with Crippen LogP contribution in [-0.2, 0) is 32.7 Å². The first-order valence-electron chi connectivity index (χ1n) is 21.9. The molecule has 330 valence electrons. The fraction of sp³-hybridized carbons (Fsp3) is 0.100. The monoisotopic (exact) mass is 921 g/mol. The van der Waals surface area contributed by atoms with Gasteiger partial charge in [0, 0.05) is 24.3 Å². The van der Waals surface area contributed by atoms with Gasteiger partial charge in [-0.1, -0.05) is 109 Å². The maximum absolute atomic E-state index is 10.1. The van der Waals surface area contributed by atoms with Crippen LogP contribution in [-0.4, -0.2) is 19.3 Å². The topological polar surface area (TPSA) is 38.7 Å². The molecule has 0 aliphatic rings. The van der Waals surface area contributed by atoms with Gasteiger partial charge in [0.05, 0.1) is 46.9 Å². The van der Waals surface area contributed by atoms with Crippen molar-refractivity contribution in [1.82, 2.24) is 0 Å². The first-order valence-corrected chi connectivity index (χ1v) is 25.6. The smallest absolute Gasteiger partial charge is 0.167 e. The molecule has 3 nitrogen and oxygen atoms in total. The third-order valence-corrected chi connectivity index (χ3v) is 17.4. The molecule has 0 aliphatic heterocycles. The van der Waals surface area contributed by atoms with Crippen molar-refractivity contribution in [3.8, 4) is 17.2 Å². The molecule has 1 N–H and O–H groups in total. The van der Waals surface area contributed by atoms with Crippen molar-refractivity contribution in [2.45, 2.75) is 71.8 Å². The van der Waals surface area contributed by atoms with Gasteiger partial charge in [-0.25, -0.2) is 0 Å². The molecule has 6 heteroatoms. The Kier molecular flexibility index (Phi) is 16.9. The van der Waals surface area contributed by atoms with E-state index in [4.69, 9.17) is 9.47 Å². The minimum absolute atomic E-state index is 0.0804. The number of hydrogen-bond acceptors (Lipinski definition) is 3. The van der Waals surface area contributed by atoms with Crippen LogP contribution in [0.1, 0.15) is 22.3 Å². The van der Waals surface area contributed by atoms with Gasteiger partial charge in [-0.05, 0) is 147 Å². The maximum atomic E-state index is 10.1. The van der Waals surface area contributed by atoms with Crippen LogP contribution < -0.4 is 9.47 Å². The summed E-state index contributed by atoms with van der Waals surface area (Å²) < 4.78 is 10.8. The van der Waals surface area contributed by atoms with Crippen LogP contribution in [0.4, 0.5) is 0 Å². The number of benzene rings is 9. The Balaban J connectivity index is 0.000000147. The van der Waals surface area contributed by atoms with Crippen LogP contribution >= 0.6 is 0 Å². The van der Waals surface area contributed by atoms with Crippen LogP contribution in [0.3, 0.4) is 0 Å². The van der Waals surface area contributed by atoms with Gasteiger partial charge >= 0.3 is 0 Å². The second kappa shape index (κ2) is 23.6. The van der Waals surface area contributed by atoms with E-state index in [1.165, 1.54) is 55.2 Å². The zero-order valence-electron chi connectivity index (χ0n) is 38.4. The third kappa shape index (κ3) is 12.0. The summed E-state index contributed by atoms with van der Waals surface area (Å²) >= 11 is 0. The molecule has 0 bridgehead atoms. The SMILES string of the molecule is COc1c(C)cc([S+](c2ccccc2)c2ccccc2)cc1C.COc1ccc([S+](c2ccccc2)c2ccccc2)cc1.Cc1cc([S+](c2ccccc2)c2ccccc2)cc(C)c1O. The fourth-order valence-electron chi connectivity index (χ4n) is 7.66. The molecular weight excluding hydrogens is 865 g/mol. The first-order chi connectivity index (χ1) is 32.2. The third-order valence-electron chi connectivity index (χ3n) is 10.7. The number of methoxy groups -OCH3 is 2. The minimum atomic E-state index is -0.155. The Morgan fingerprint density at radius 3 is 0.788 bits per heavy atom. The Labute approximate surface area is 400 Å². The van der Waals surface area contributed by atoms with E-state index in [9.17, 15) is 5.11 Å². The Morgan fingerprint density at radius 1 is 0.288 bits per heavy atom. The summed E-state index contributed by atoms with van der Waals surface area (Å²) in [6, 6.07) is 80.9. The standard InChI is InChI=1S/C21H21OS.C20H18OS.C19H17OS/c1-16-14-20(15-17(2)21(16)22-3)23(18-10-6-4-7-11-18)19-12-8-5-9-13-19;1-15-13-19(14-16(2)20(15)21)22(17-9-5-3-6-10-17)18-11-7-4-8-12-18;1-20-16-12-14-19(15-13-16)21(17-8-4-2-5-9-17)18-10-6-3-7-11-18/h4-15H,1-3H3;3-14H,1-2H3;2-15H,1H3/q+1;;+1/p+1. The lowest BCUT2D eigenvalue weighted by molar-refractivity contribution is 0.408. The highest BCUT2D eigenvalue weighted by molar-refractivity contribution is 7.97. The molecule has 0 spiro atoms. The highest BCUT2D eigenvalue weighted by Crippen LogP contribution is 2.37. The molecule has 9 rings (SSSR count). The van der Waals surface area contributed by atoms with Gasteiger partial charge in [-0.3, -0.25) is 0 Å². The van der Waals surface area contributed by atoms with Crippen molar-refractivity contribution in [3.05, 3.63) is 253 Å². The molecule has 0 amide bonds. The lowest BCUT2D eigenvalue weighted by Gasteiger charge is -2.12. The van der Waals surface area contributed by atoms with Crippen molar-refractivity contribution in [1.29, 1.82) is 0 Å². The maximum Gasteiger partial charge on any atom is 0.167 e. The van der Waals surface area contributed by atoms with E-state index in [-0.39, 0.29) is 32.7 Å². The summed E-state index contributed by atoms with van der Waals surface area (Å²) in [6.45, 7) is 8.16. The summed E-state index contributed by atoms with van der Waals surface area (Å²) in [5.41, 5.74) is 4.23. The number of hydrogen-bond donors (Lipinski definition) is 1. The van der Waals surface area contributed by atoms with Gasteiger partial charge in [0.15, 0.2) is 44.1 Å². The molecule has 0 radical (unpaired) electrons.